The van der Waals surface area contributed by atoms with Gasteiger partial charge in [0.15, 0.2) is 5.72 Å². The monoisotopic (exact) mass is 277 g/mol. The molecule has 3 aliphatic heterocycles. The predicted molar refractivity (Wildman–Crippen MR) is 77.8 cm³/mol. The molecule has 0 aromatic heterocycles. The summed E-state index contributed by atoms with van der Waals surface area (Å²) in [6.07, 6.45) is 1.15. The topological polar surface area (TPSA) is 29.5 Å². The van der Waals surface area contributed by atoms with Crippen LogP contribution < -0.4 is 0 Å². The van der Waals surface area contributed by atoms with Crippen LogP contribution in [0.2, 0.25) is 0 Å². The molecular formula is C18H15NO2. The molecule has 1 spiro atoms. The van der Waals surface area contributed by atoms with Crippen molar-refractivity contribution in [2.45, 2.75) is 24.2 Å². The van der Waals surface area contributed by atoms with Gasteiger partial charge in [0, 0.05) is 17.0 Å². The molecule has 3 heteroatoms. The van der Waals surface area contributed by atoms with Crippen LogP contribution in [-0.4, -0.2) is 23.5 Å². The van der Waals surface area contributed by atoms with Crippen molar-refractivity contribution in [1.82, 2.24) is 4.90 Å². The van der Waals surface area contributed by atoms with E-state index in [2.05, 4.69) is 30.3 Å². The van der Waals surface area contributed by atoms with E-state index in [1.807, 2.05) is 29.2 Å². The molecule has 3 atom stereocenters. The van der Waals surface area contributed by atoms with Crippen molar-refractivity contribution in [2.75, 3.05) is 6.54 Å². The van der Waals surface area contributed by atoms with Crippen molar-refractivity contribution < 1.29 is 9.53 Å². The van der Waals surface area contributed by atoms with Gasteiger partial charge in [0.2, 0.25) is 0 Å². The van der Waals surface area contributed by atoms with E-state index in [-0.39, 0.29) is 17.9 Å². The van der Waals surface area contributed by atoms with Crippen LogP contribution >= 0.6 is 0 Å². The summed E-state index contributed by atoms with van der Waals surface area (Å²) in [7, 11) is 0. The number of nitrogens with zero attached hydrogens (tertiary/aromatic N) is 1. The first-order chi connectivity index (χ1) is 10.3. The van der Waals surface area contributed by atoms with Gasteiger partial charge in [0.05, 0.1) is 12.6 Å². The molecule has 0 saturated carbocycles. The molecule has 3 heterocycles. The first kappa shape index (κ1) is 11.5. The van der Waals surface area contributed by atoms with E-state index in [4.69, 9.17) is 4.74 Å². The third kappa shape index (κ3) is 1.26. The molecule has 0 unspecified atom stereocenters. The number of amides is 1. The van der Waals surface area contributed by atoms with Crippen molar-refractivity contribution in [1.29, 1.82) is 0 Å². The number of ether oxygens (including phenoxy) is 1. The average Bonchev–Trinajstić information content (AvgIpc) is 3.17. The summed E-state index contributed by atoms with van der Waals surface area (Å²) in [5.74, 6) is 0.346. The Morgan fingerprint density at radius 1 is 1.05 bits per heavy atom. The smallest absolute Gasteiger partial charge is 0.256 e. The van der Waals surface area contributed by atoms with Crippen LogP contribution in [0.4, 0.5) is 0 Å². The lowest BCUT2D eigenvalue weighted by molar-refractivity contribution is -0.0609. The Kier molecular flexibility index (Phi) is 2.05. The third-order valence-corrected chi connectivity index (χ3v) is 5.09. The highest BCUT2D eigenvalue weighted by atomic mass is 16.6. The zero-order valence-corrected chi connectivity index (χ0v) is 11.5. The van der Waals surface area contributed by atoms with E-state index < -0.39 is 5.72 Å². The van der Waals surface area contributed by atoms with Crippen LogP contribution in [0.3, 0.4) is 0 Å². The lowest BCUT2D eigenvalue weighted by Crippen LogP contribution is -2.45. The fraction of sp³-hybridized carbons (Fsp3) is 0.278. The molecule has 3 aliphatic rings. The van der Waals surface area contributed by atoms with Gasteiger partial charge in [-0.2, -0.15) is 0 Å². The van der Waals surface area contributed by atoms with E-state index >= 15 is 0 Å². The van der Waals surface area contributed by atoms with Gasteiger partial charge in [0.1, 0.15) is 0 Å². The first-order valence-electron chi connectivity index (χ1n) is 7.45. The Hall–Kier alpha value is -2.13. The van der Waals surface area contributed by atoms with E-state index in [1.165, 1.54) is 5.56 Å². The third-order valence-electron chi connectivity index (χ3n) is 5.09. The minimum Gasteiger partial charge on any atom is -0.345 e. The first-order valence-corrected chi connectivity index (χ1v) is 7.45. The Labute approximate surface area is 123 Å². The maximum absolute atomic E-state index is 12.7. The van der Waals surface area contributed by atoms with E-state index in [1.54, 1.807) is 0 Å². The zero-order valence-electron chi connectivity index (χ0n) is 11.5. The molecule has 2 aromatic rings. The van der Waals surface area contributed by atoms with Gasteiger partial charge in [-0.3, -0.25) is 4.79 Å². The number of hydrogen-bond donors (Lipinski definition) is 0. The minimum absolute atomic E-state index is 0.119. The summed E-state index contributed by atoms with van der Waals surface area (Å²) in [6.45, 7) is 0.719. The number of carbonyl (C=O) groups excluding carboxylic acids is 1. The number of piperidine rings is 1. The van der Waals surface area contributed by atoms with Crippen molar-refractivity contribution in [3.05, 3.63) is 71.3 Å². The molecule has 0 radical (unpaired) electrons. The minimum atomic E-state index is -0.570. The summed E-state index contributed by atoms with van der Waals surface area (Å²) >= 11 is 0. The van der Waals surface area contributed by atoms with Crippen molar-refractivity contribution in [3.63, 3.8) is 0 Å². The zero-order chi connectivity index (χ0) is 14.0. The fourth-order valence-electron chi connectivity index (χ4n) is 4.31. The molecule has 21 heavy (non-hydrogen) atoms. The Morgan fingerprint density at radius 3 is 2.67 bits per heavy atom. The molecular weight excluding hydrogens is 262 g/mol. The van der Waals surface area contributed by atoms with Gasteiger partial charge < -0.3 is 9.64 Å². The summed E-state index contributed by atoms with van der Waals surface area (Å²) < 4.78 is 6.35. The molecule has 104 valence electrons. The maximum atomic E-state index is 12.7. The van der Waals surface area contributed by atoms with Crippen LogP contribution in [0, 0.1) is 0 Å². The summed E-state index contributed by atoms with van der Waals surface area (Å²) in [5.41, 5.74) is 2.54. The Balaban J connectivity index is 1.74. The quantitative estimate of drug-likeness (QED) is 0.802. The molecule has 5 rings (SSSR count). The van der Waals surface area contributed by atoms with Crippen LogP contribution in [0.1, 0.15) is 33.8 Å². The Bertz CT molecular complexity index is 742. The van der Waals surface area contributed by atoms with Crippen LogP contribution in [0.5, 0.6) is 0 Å². The van der Waals surface area contributed by atoms with Gasteiger partial charge in [-0.15, -0.1) is 0 Å². The molecule has 2 saturated heterocycles. The van der Waals surface area contributed by atoms with E-state index in [9.17, 15) is 4.79 Å². The number of rotatable bonds is 1. The second kappa shape index (κ2) is 3.74. The highest BCUT2D eigenvalue weighted by Gasteiger charge is 2.65. The normalized spacial score (nSPS) is 32.4. The molecule has 1 amide bonds. The van der Waals surface area contributed by atoms with Gasteiger partial charge in [0.25, 0.3) is 5.91 Å². The van der Waals surface area contributed by atoms with E-state index in [0.717, 1.165) is 24.1 Å². The van der Waals surface area contributed by atoms with Crippen molar-refractivity contribution in [2.24, 2.45) is 0 Å². The number of carbonyl (C=O) groups is 1. The molecule has 0 N–H and O–H groups in total. The average molecular weight is 277 g/mol. The Morgan fingerprint density at radius 2 is 1.81 bits per heavy atom. The molecule has 0 aliphatic carbocycles. The molecule has 3 nitrogen and oxygen atoms in total. The van der Waals surface area contributed by atoms with Crippen molar-refractivity contribution >= 4 is 5.91 Å². The maximum Gasteiger partial charge on any atom is 0.256 e. The summed E-state index contributed by atoms with van der Waals surface area (Å²) in [6, 6.07) is 18.3. The molecule has 2 fully saturated rings. The van der Waals surface area contributed by atoms with Gasteiger partial charge in [-0.25, -0.2) is 0 Å². The fourth-order valence-corrected chi connectivity index (χ4v) is 4.31. The second-order valence-corrected chi connectivity index (χ2v) is 6.10. The number of hydrogen-bond acceptors (Lipinski definition) is 2. The highest BCUT2D eigenvalue weighted by Crippen LogP contribution is 2.60. The largest absolute Gasteiger partial charge is 0.345 e. The molecule has 2 aromatic carbocycles. The molecule has 2 bridgehead atoms. The van der Waals surface area contributed by atoms with Crippen LogP contribution in [-0.2, 0) is 10.5 Å². The van der Waals surface area contributed by atoms with Gasteiger partial charge in [-0.05, 0) is 18.1 Å². The van der Waals surface area contributed by atoms with Gasteiger partial charge >= 0.3 is 0 Å². The van der Waals surface area contributed by atoms with Crippen LogP contribution in [0.25, 0.3) is 0 Å². The van der Waals surface area contributed by atoms with Crippen molar-refractivity contribution in [3.8, 4) is 0 Å². The number of fused-ring (bicyclic) bond motifs is 2. The van der Waals surface area contributed by atoms with Gasteiger partial charge in [-0.1, -0.05) is 48.5 Å². The number of benzene rings is 2. The second-order valence-electron chi connectivity index (χ2n) is 6.10. The van der Waals surface area contributed by atoms with Crippen LogP contribution in [0.15, 0.2) is 54.6 Å². The standard InChI is InChI=1S/C18H15NO2/c20-17-14-8-4-5-9-15(14)18-16(12-6-2-1-3-7-12)10-13(21-18)11-19(17)18/h1-9,13,16H,10-11H2/t13-,16-,18+/m1/s1. The summed E-state index contributed by atoms with van der Waals surface area (Å²) in [4.78, 5) is 14.6. The predicted octanol–water partition coefficient (Wildman–Crippen LogP) is 2.88. The SMILES string of the molecule is O=C1c2ccccc2[C@]23O[C@H](C[C@@H]2c2ccccc2)CN13. The highest BCUT2D eigenvalue weighted by molar-refractivity contribution is 6.00. The van der Waals surface area contributed by atoms with E-state index in [0.29, 0.717) is 0 Å². The lowest BCUT2D eigenvalue weighted by Gasteiger charge is -2.37. The summed E-state index contributed by atoms with van der Waals surface area (Å²) in [5, 5.41) is 0. The lowest BCUT2D eigenvalue weighted by atomic mass is 9.80.